The number of carbonyl (C=O) groups is 2. The molecule has 7 heteroatoms. The molecule has 28 heavy (non-hydrogen) atoms. The fourth-order valence-corrected chi connectivity index (χ4v) is 4.72. The Balaban J connectivity index is 1.46. The van der Waals surface area contributed by atoms with Gasteiger partial charge < -0.3 is 14.6 Å². The first kappa shape index (κ1) is 19.2. The van der Waals surface area contributed by atoms with Crippen molar-refractivity contribution in [3.8, 4) is 0 Å². The van der Waals surface area contributed by atoms with Crippen LogP contribution in [0.5, 0.6) is 0 Å². The molecule has 0 saturated carbocycles. The van der Waals surface area contributed by atoms with Gasteiger partial charge in [-0.05, 0) is 26.2 Å². The number of aromatic nitrogens is 1. The van der Waals surface area contributed by atoms with E-state index in [-0.39, 0.29) is 24.0 Å². The molecule has 2 amide bonds. The molecule has 1 aromatic rings. The molecule has 5 atom stereocenters. The maximum Gasteiger partial charge on any atom is 0.235 e. The quantitative estimate of drug-likeness (QED) is 0.727. The van der Waals surface area contributed by atoms with Crippen molar-refractivity contribution in [2.75, 3.05) is 11.4 Å². The summed E-state index contributed by atoms with van der Waals surface area (Å²) >= 11 is 0. The van der Waals surface area contributed by atoms with E-state index in [9.17, 15) is 9.59 Å². The van der Waals surface area contributed by atoms with Crippen LogP contribution < -0.4 is 10.2 Å². The van der Waals surface area contributed by atoms with Crippen molar-refractivity contribution in [2.24, 2.45) is 17.8 Å². The molecular formula is C21H29N3O4. The monoisotopic (exact) mass is 387 g/mol. The van der Waals surface area contributed by atoms with Gasteiger partial charge in [0.1, 0.15) is 11.4 Å². The molecule has 3 aliphatic heterocycles. The van der Waals surface area contributed by atoms with Crippen LogP contribution in [0.2, 0.25) is 0 Å². The highest BCUT2D eigenvalue weighted by Gasteiger charge is 2.67. The third-order valence-corrected chi connectivity index (χ3v) is 6.10. The third kappa shape index (κ3) is 3.15. The van der Waals surface area contributed by atoms with Gasteiger partial charge in [-0.1, -0.05) is 44.0 Å². The Bertz CT molecular complexity index is 801. The van der Waals surface area contributed by atoms with E-state index >= 15 is 0 Å². The summed E-state index contributed by atoms with van der Waals surface area (Å²) in [7, 11) is 0. The van der Waals surface area contributed by atoms with Crippen LogP contribution >= 0.6 is 0 Å². The normalized spacial score (nSPS) is 31.7. The number of anilines is 1. The second-order valence-corrected chi connectivity index (χ2v) is 8.85. The lowest BCUT2D eigenvalue weighted by molar-refractivity contribution is -0.132. The van der Waals surface area contributed by atoms with Crippen molar-refractivity contribution in [1.29, 1.82) is 0 Å². The van der Waals surface area contributed by atoms with Gasteiger partial charge in [-0.15, -0.1) is 0 Å². The topological polar surface area (TPSA) is 84.7 Å². The number of rotatable bonds is 7. The number of hydrogen-bond acceptors (Lipinski definition) is 5. The predicted molar refractivity (Wildman–Crippen MR) is 104 cm³/mol. The number of carbonyl (C=O) groups excluding carboxylic acids is 2. The first-order chi connectivity index (χ1) is 13.3. The third-order valence-electron chi connectivity index (χ3n) is 6.10. The zero-order valence-corrected chi connectivity index (χ0v) is 17.0. The minimum Gasteiger partial charge on any atom is -0.360 e. The van der Waals surface area contributed by atoms with Crippen LogP contribution in [0.1, 0.15) is 45.8 Å². The molecule has 1 N–H and O–H groups in total. The molecule has 0 radical (unpaired) electrons. The predicted octanol–water partition coefficient (Wildman–Crippen LogP) is 2.60. The first-order valence-corrected chi connectivity index (χ1v) is 10.2. The van der Waals surface area contributed by atoms with Crippen LogP contribution in [0, 0.1) is 24.7 Å². The number of hydrogen-bond donors (Lipinski definition) is 1. The van der Waals surface area contributed by atoms with Gasteiger partial charge in [-0.3, -0.25) is 14.5 Å². The maximum absolute atomic E-state index is 13.2. The van der Waals surface area contributed by atoms with Gasteiger partial charge in [0.05, 0.1) is 24.5 Å². The molecule has 2 fully saturated rings. The Hall–Kier alpha value is -2.15. The van der Waals surface area contributed by atoms with Crippen LogP contribution in [0.3, 0.4) is 0 Å². The van der Waals surface area contributed by atoms with Crippen LogP contribution in [0.25, 0.3) is 0 Å². The highest BCUT2D eigenvalue weighted by molar-refractivity contribution is 6.02. The summed E-state index contributed by atoms with van der Waals surface area (Å²) < 4.78 is 11.3. The Morgan fingerprint density at radius 3 is 2.86 bits per heavy atom. The largest absolute Gasteiger partial charge is 0.360 e. The fraction of sp³-hybridized carbons (Fsp3) is 0.667. The Morgan fingerprint density at radius 1 is 1.39 bits per heavy atom. The van der Waals surface area contributed by atoms with Crippen molar-refractivity contribution in [1.82, 2.24) is 10.5 Å². The van der Waals surface area contributed by atoms with Gasteiger partial charge in [0.2, 0.25) is 11.8 Å². The summed E-state index contributed by atoms with van der Waals surface area (Å²) in [5.41, 5.74) is -0.739. The van der Waals surface area contributed by atoms with Crippen LogP contribution in [0.4, 0.5) is 5.82 Å². The number of fused-ring (bicyclic) bond motifs is 1. The van der Waals surface area contributed by atoms with Crippen molar-refractivity contribution >= 4 is 17.6 Å². The van der Waals surface area contributed by atoms with E-state index in [1.807, 2.05) is 19.1 Å². The molecule has 4 rings (SSSR count). The molecule has 2 bridgehead atoms. The molecule has 0 aromatic carbocycles. The van der Waals surface area contributed by atoms with Crippen molar-refractivity contribution < 1.29 is 18.8 Å². The lowest BCUT2D eigenvalue weighted by atomic mass is 9.76. The van der Waals surface area contributed by atoms with E-state index in [2.05, 4.69) is 24.3 Å². The summed E-state index contributed by atoms with van der Waals surface area (Å²) in [6, 6.07) is 1.81. The van der Waals surface area contributed by atoms with Crippen molar-refractivity contribution in [3.63, 3.8) is 0 Å². The molecule has 152 valence electrons. The molecule has 4 heterocycles. The highest BCUT2D eigenvalue weighted by atomic mass is 16.5. The smallest absolute Gasteiger partial charge is 0.235 e. The number of ether oxygens (including phenoxy) is 1. The summed E-state index contributed by atoms with van der Waals surface area (Å²) in [4.78, 5) is 27.8. The molecule has 7 nitrogen and oxygen atoms in total. The number of nitrogens with zero attached hydrogens (tertiary/aromatic N) is 2. The van der Waals surface area contributed by atoms with Crippen LogP contribution in [-0.2, 0) is 14.3 Å². The van der Waals surface area contributed by atoms with E-state index in [0.29, 0.717) is 24.0 Å². The molecular weight excluding hydrogens is 358 g/mol. The summed E-state index contributed by atoms with van der Waals surface area (Å²) in [6.45, 7) is 8.59. The lowest BCUT2D eigenvalue weighted by Crippen LogP contribution is -2.46. The van der Waals surface area contributed by atoms with Gasteiger partial charge in [0.15, 0.2) is 5.82 Å². The van der Waals surface area contributed by atoms with Gasteiger partial charge in [-0.25, -0.2) is 0 Å². The molecule has 2 saturated heterocycles. The van der Waals surface area contributed by atoms with E-state index < -0.39 is 17.4 Å². The fourth-order valence-electron chi connectivity index (χ4n) is 4.72. The minimum atomic E-state index is -0.739. The number of amides is 2. The van der Waals surface area contributed by atoms with Gasteiger partial charge >= 0.3 is 0 Å². The highest BCUT2D eigenvalue weighted by Crippen LogP contribution is 2.52. The standard InChI is InChI=1S/C21H29N3O4/c1-12(2)6-5-7-13(3)22-19(25)17-15-8-9-21(27-15)11-24(20(26)18(17)21)16-10-14(4)28-23-16/h8-10,12-13,15,17-18H,5-7,11H2,1-4H3,(H,22,25)/t13-,15-,17+,18-,21-/m1/s1. The number of aryl methyl sites for hydroxylation is 1. The SMILES string of the molecule is Cc1cc(N2C[C@@]34C=C[C@@H](O3)[C@H](C(=O)N[C@H](C)CCCC(C)C)[C@@H]4C2=O)no1. The van der Waals surface area contributed by atoms with Crippen molar-refractivity contribution in [2.45, 2.75) is 64.7 Å². The Morgan fingerprint density at radius 2 is 2.18 bits per heavy atom. The van der Waals surface area contributed by atoms with E-state index in [0.717, 1.165) is 19.3 Å². The summed E-state index contributed by atoms with van der Waals surface area (Å²) in [5, 5.41) is 7.08. The Kier molecular flexibility index (Phi) is 4.81. The molecule has 3 aliphatic rings. The van der Waals surface area contributed by atoms with Crippen molar-refractivity contribution in [3.05, 3.63) is 24.0 Å². The Labute approximate surface area is 165 Å². The molecule has 1 spiro atoms. The maximum atomic E-state index is 13.2. The number of nitrogens with one attached hydrogen (secondary N) is 1. The molecule has 1 aromatic heterocycles. The van der Waals surface area contributed by atoms with E-state index in [1.54, 1.807) is 17.9 Å². The molecule has 0 unspecified atom stereocenters. The zero-order valence-electron chi connectivity index (χ0n) is 17.0. The lowest BCUT2D eigenvalue weighted by Gasteiger charge is -2.25. The summed E-state index contributed by atoms with van der Waals surface area (Å²) in [6.07, 6.45) is 6.70. The average Bonchev–Trinajstić information content (AvgIpc) is 3.35. The first-order valence-electron chi connectivity index (χ1n) is 10.2. The van der Waals surface area contributed by atoms with Crippen LogP contribution in [-0.4, -0.2) is 41.3 Å². The van der Waals surface area contributed by atoms with Crippen LogP contribution in [0.15, 0.2) is 22.7 Å². The molecule has 0 aliphatic carbocycles. The van der Waals surface area contributed by atoms with Gasteiger partial charge in [-0.2, -0.15) is 0 Å². The van der Waals surface area contributed by atoms with E-state index in [1.165, 1.54) is 0 Å². The summed E-state index contributed by atoms with van der Waals surface area (Å²) in [5.74, 6) is 0.563. The zero-order chi connectivity index (χ0) is 20.1. The second kappa shape index (κ2) is 7.03. The van der Waals surface area contributed by atoms with Gasteiger partial charge in [0, 0.05) is 12.1 Å². The van der Waals surface area contributed by atoms with E-state index in [4.69, 9.17) is 9.26 Å². The average molecular weight is 387 g/mol. The minimum absolute atomic E-state index is 0.0797. The second-order valence-electron chi connectivity index (χ2n) is 8.85. The van der Waals surface area contributed by atoms with Gasteiger partial charge in [0.25, 0.3) is 0 Å².